The maximum absolute atomic E-state index is 10.5. The second-order valence-corrected chi connectivity index (χ2v) is 7.62. The van der Waals surface area contributed by atoms with Crippen molar-refractivity contribution in [2.75, 3.05) is 0 Å². The van der Waals surface area contributed by atoms with Gasteiger partial charge in [0.15, 0.2) is 5.79 Å². The Morgan fingerprint density at radius 1 is 0.833 bits per heavy atom. The van der Waals surface area contributed by atoms with Crippen LogP contribution in [0.5, 0.6) is 0 Å². The van der Waals surface area contributed by atoms with Crippen molar-refractivity contribution in [1.29, 1.82) is 0 Å². The van der Waals surface area contributed by atoms with Crippen molar-refractivity contribution in [3.05, 3.63) is 0 Å². The van der Waals surface area contributed by atoms with Gasteiger partial charge in [-0.15, -0.1) is 0 Å². The Morgan fingerprint density at radius 2 is 1.28 bits per heavy atom. The molecular formula is C16H34O2. The van der Waals surface area contributed by atoms with Gasteiger partial charge in [-0.2, -0.15) is 0 Å². The monoisotopic (exact) mass is 258 g/mol. The fourth-order valence-electron chi connectivity index (χ4n) is 3.04. The second-order valence-electron chi connectivity index (χ2n) is 7.62. The lowest BCUT2D eigenvalue weighted by Gasteiger charge is -2.47. The largest absolute Gasteiger partial charge is 0.365 e. The van der Waals surface area contributed by atoms with Gasteiger partial charge in [-0.3, -0.25) is 0 Å². The average molecular weight is 258 g/mol. The molecule has 0 radical (unpaired) electrons. The zero-order valence-electron chi connectivity index (χ0n) is 13.6. The second kappa shape index (κ2) is 6.38. The molecule has 110 valence electrons. The maximum atomic E-state index is 10.5. The van der Waals surface area contributed by atoms with E-state index in [2.05, 4.69) is 27.7 Å². The summed E-state index contributed by atoms with van der Waals surface area (Å²) in [7, 11) is 0. The van der Waals surface area contributed by atoms with E-state index in [-0.39, 0.29) is 5.92 Å². The molecule has 0 amide bonds. The zero-order valence-corrected chi connectivity index (χ0v) is 13.6. The highest BCUT2D eigenvalue weighted by Crippen LogP contribution is 2.46. The van der Waals surface area contributed by atoms with Crippen molar-refractivity contribution in [1.82, 2.24) is 0 Å². The van der Waals surface area contributed by atoms with E-state index in [4.69, 9.17) is 0 Å². The van der Waals surface area contributed by atoms with E-state index in [1.165, 1.54) is 0 Å². The van der Waals surface area contributed by atoms with Crippen molar-refractivity contribution < 1.29 is 10.2 Å². The zero-order chi connectivity index (χ0) is 14.7. The number of rotatable bonds is 7. The summed E-state index contributed by atoms with van der Waals surface area (Å²) in [4.78, 5) is 0. The standard InChI is InChI=1S/C16H34O2/c1-11(2)9-14(13(5)6)15(7,8)16(17,18)10-12(3)4/h11-14,17-18H,9-10H2,1-8H3. The molecule has 0 aromatic carbocycles. The fraction of sp³-hybridized carbons (Fsp3) is 1.00. The van der Waals surface area contributed by atoms with E-state index in [1.807, 2.05) is 27.7 Å². The Hall–Kier alpha value is -0.0800. The molecular weight excluding hydrogens is 224 g/mol. The molecule has 0 saturated heterocycles. The summed E-state index contributed by atoms with van der Waals surface area (Å²) in [5, 5.41) is 21.0. The first-order chi connectivity index (χ1) is 7.91. The van der Waals surface area contributed by atoms with Crippen LogP contribution in [0.3, 0.4) is 0 Å². The SMILES string of the molecule is CC(C)CC(C(C)C)C(C)(C)C(O)(O)CC(C)C. The van der Waals surface area contributed by atoms with Crippen LogP contribution in [0.25, 0.3) is 0 Å². The van der Waals surface area contributed by atoms with E-state index in [0.717, 1.165) is 6.42 Å². The highest BCUT2D eigenvalue weighted by molar-refractivity contribution is 4.92. The number of hydrogen-bond donors (Lipinski definition) is 2. The van der Waals surface area contributed by atoms with Gasteiger partial charge in [-0.05, 0) is 30.1 Å². The molecule has 0 aliphatic carbocycles. The smallest absolute Gasteiger partial charge is 0.168 e. The summed E-state index contributed by atoms with van der Waals surface area (Å²) in [5.41, 5.74) is -0.490. The molecule has 1 atom stereocenters. The molecule has 2 nitrogen and oxygen atoms in total. The molecule has 0 aliphatic heterocycles. The third kappa shape index (κ3) is 4.55. The van der Waals surface area contributed by atoms with Gasteiger partial charge in [-0.25, -0.2) is 0 Å². The van der Waals surface area contributed by atoms with E-state index in [9.17, 15) is 10.2 Å². The van der Waals surface area contributed by atoms with Crippen LogP contribution in [-0.4, -0.2) is 16.0 Å². The van der Waals surface area contributed by atoms with Crippen LogP contribution in [0.4, 0.5) is 0 Å². The van der Waals surface area contributed by atoms with Gasteiger partial charge in [0.05, 0.1) is 0 Å². The first-order valence-electron chi connectivity index (χ1n) is 7.36. The minimum atomic E-state index is -1.59. The van der Waals surface area contributed by atoms with Crippen LogP contribution in [0.2, 0.25) is 0 Å². The molecule has 2 N–H and O–H groups in total. The van der Waals surface area contributed by atoms with Crippen molar-refractivity contribution >= 4 is 0 Å². The molecule has 0 bridgehead atoms. The quantitative estimate of drug-likeness (QED) is 0.676. The van der Waals surface area contributed by atoms with Gasteiger partial charge in [0.1, 0.15) is 0 Å². The van der Waals surface area contributed by atoms with Gasteiger partial charge < -0.3 is 10.2 Å². The number of hydrogen-bond acceptors (Lipinski definition) is 2. The summed E-state index contributed by atoms with van der Waals surface area (Å²) < 4.78 is 0. The van der Waals surface area contributed by atoms with Crippen LogP contribution in [0.1, 0.15) is 68.2 Å². The molecule has 0 aromatic rings. The molecule has 0 saturated carbocycles. The van der Waals surface area contributed by atoms with Gasteiger partial charge >= 0.3 is 0 Å². The first-order valence-corrected chi connectivity index (χ1v) is 7.36. The normalized spacial score (nSPS) is 15.8. The van der Waals surface area contributed by atoms with E-state index < -0.39 is 11.2 Å². The Labute approximate surface area is 114 Å². The average Bonchev–Trinajstić information content (AvgIpc) is 2.10. The summed E-state index contributed by atoms with van der Waals surface area (Å²) in [6.45, 7) is 16.8. The predicted molar refractivity (Wildman–Crippen MR) is 78.2 cm³/mol. The summed E-state index contributed by atoms with van der Waals surface area (Å²) in [6.07, 6.45) is 1.47. The third-order valence-corrected chi connectivity index (χ3v) is 4.18. The van der Waals surface area contributed by atoms with Crippen LogP contribution < -0.4 is 0 Å². The number of aliphatic hydroxyl groups is 2. The molecule has 0 aliphatic rings. The third-order valence-electron chi connectivity index (χ3n) is 4.18. The van der Waals surface area contributed by atoms with Crippen molar-refractivity contribution in [2.45, 2.75) is 74.0 Å². The van der Waals surface area contributed by atoms with Crippen molar-refractivity contribution in [3.8, 4) is 0 Å². The summed E-state index contributed by atoms with van der Waals surface area (Å²) in [5.74, 6) is 0.0301. The van der Waals surface area contributed by atoms with Gasteiger partial charge in [0.2, 0.25) is 0 Å². The summed E-state index contributed by atoms with van der Waals surface area (Å²) >= 11 is 0. The van der Waals surface area contributed by atoms with Crippen molar-refractivity contribution in [3.63, 3.8) is 0 Å². The lowest BCUT2D eigenvalue weighted by Crippen LogP contribution is -2.51. The molecule has 0 aromatic heterocycles. The van der Waals surface area contributed by atoms with Gasteiger partial charge in [0.25, 0.3) is 0 Å². The minimum absolute atomic E-state index is 0.283. The summed E-state index contributed by atoms with van der Waals surface area (Å²) in [6, 6.07) is 0. The molecule has 0 fully saturated rings. The van der Waals surface area contributed by atoms with E-state index in [0.29, 0.717) is 24.2 Å². The highest BCUT2D eigenvalue weighted by Gasteiger charge is 2.48. The molecule has 0 heterocycles. The first kappa shape index (κ1) is 17.9. The maximum Gasteiger partial charge on any atom is 0.168 e. The van der Waals surface area contributed by atoms with Crippen LogP contribution in [0, 0.1) is 29.1 Å². The Bertz CT molecular complexity index is 239. The van der Waals surface area contributed by atoms with Crippen LogP contribution in [-0.2, 0) is 0 Å². The minimum Gasteiger partial charge on any atom is -0.365 e. The van der Waals surface area contributed by atoms with Crippen LogP contribution >= 0.6 is 0 Å². The molecule has 0 rings (SSSR count). The topological polar surface area (TPSA) is 40.5 Å². The highest BCUT2D eigenvalue weighted by atomic mass is 16.5. The molecule has 1 unspecified atom stereocenters. The van der Waals surface area contributed by atoms with E-state index >= 15 is 0 Å². The Kier molecular flexibility index (Phi) is 6.35. The lowest BCUT2D eigenvalue weighted by atomic mass is 9.63. The molecule has 18 heavy (non-hydrogen) atoms. The van der Waals surface area contributed by atoms with Gasteiger partial charge in [-0.1, -0.05) is 55.4 Å². The lowest BCUT2D eigenvalue weighted by molar-refractivity contribution is -0.262. The Balaban J connectivity index is 5.14. The van der Waals surface area contributed by atoms with Crippen molar-refractivity contribution in [2.24, 2.45) is 29.1 Å². The molecule has 2 heteroatoms. The molecule has 0 spiro atoms. The van der Waals surface area contributed by atoms with Gasteiger partial charge in [0, 0.05) is 11.8 Å². The fourth-order valence-corrected chi connectivity index (χ4v) is 3.04. The predicted octanol–water partition coefficient (Wildman–Crippen LogP) is 4.06. The van der Waals surface area contributed by atoms with E-state index in [1.54, 1.807) is 0 Å². The Morgan fingerprint density at radius 3 is 1.56 bits per heavy atom. The van der Waals surface area contributed by atoms with Crippen LogP contribution in [0.15, 0.2) is 0 Å².